The molecular weight excluding hydrogens is 209 g/mol. The van der Waals surface area contributed by atoms with Gasteiger partial charge < -0.3 is 0 Å². The average Bonchev–Trinajstić information content (AvgIpc) is 2.34. The average molecular weight is 221 g/mol. The molecule has 14 heavy (non-hydrogen) atoms. The van der Waals surface area contributed by atoms with Crippen LogP contribution in [0.5, 0.6) is 0 Å². The topological polar surface area (TPSA) is 55.2 Å². The Bertz CT molecular complexity index is 426. The fourth-order valence-corrected chi connectivity index (χ4v) is 1.31. The van der Waals surface area contributed by atoms with Gasteiger partial charge in [0.2, 0.25) is 0 Å². The van der Waals surface area contributed by atoms with E-state index in [1.54, 1.807) is 18.7 Å². The Labute approximate surface area is 82.5 Å². The highest BCUT2D eigenvalue weighted by Crippen LogP contribution is 2.11. The maximum Gasteiger partial charge on any atom is 0.374 e. The molecule has 0 fully saturated rings. The van der Waals surface area contributed by atoms with Crippen molar-refractivity contribution in [1.82, 2.24) is 14.1 Å². The molecule has 0 atom stereocenters. The minimum Gasteiger partial charge on any atom is -0.273 e. The van der Waals surface area contributed by atoms with Gasteiger partial charge in [-0.25, -0.2) is 0 Å². The lowest BCUT2D eigenvalue weighted by atomic mass is 10.3. The summed E-state index contributed by atoms with van der Waals surface area (Å²) in [5, 5.41) is 3.92. The summed E-state index contributed by atoms with van der Waals surface area (Å²) in [6.45, 7) is 1.79. The number of hydrogen-bond donors (Lipinski definition) is 0. The lowest BCUT2D eigenvalue weighted by molar-refractivity contribution is 0.428. The largest absolute Gasteiger partial charge is 0.374 e. The van der Waals surface area contributed by atoms with Gasteiger partial charge in [0.25, 0.3) is 0 Å². The predicted molar refractivity (Wildman–Crippen MR) is 49.4 cm³/mol. The summed E-state index contributed by atoms with van der Waals surface area (Å²) < 4.78 is 35.7. The molecule has 0 aliphatic carbocycles. The van der Waals surface area contributed by atoms with Crippen molar-refractivity contribution in [1.29, 1.82) is 0 Å². The Morgan fingerprint density at radius 2 is 2.21 bits per heavy atom. The molecule has 0 spiro atoms. The van der Waals surface area contributed by atoms with Gasteiger partial charge in [0, 0.05) is 31.9 Å². The van der Waals surface area contributed by atoms with E-state index in [0.29, 0.717) is 9.87 Å². The summed E-state index contributed by atoms with van der Waals surface area (Å²) >= 11 is 0. The van der Waals surface area contributed by atoms with E-state index in [-0.39, 0.29) is 6.54 Å². The molecule has 0 bridgehead atoms. The fraction of sp³-hybridized carbons (Fsp3) is 0.571. The standard InChI is InChI=1S/C7H12FN3O2S/c1-6-7(4-9-11(6)3)5-10(2)14(8,12)13/h4H,5H2,1-3H3. The lowest BCUT2D eigenvalue weighted by Gasteiger charge is -2.10. The van der Waals surface area contributed by atoms with Crippen LogP contribution in [0.15, 0.2) is 6.20 Å². The van der Waals surface area contributed by atoms with Gasteiger partial charge >= 0.3 is 10.4 Å². The van der Waals surface area contributed by atoms with E-state index in [1.165, 1.54) is 13.2 Å². The molecular formula is C7H12FN3O2S. The Balaban J connectivity index is 2.85. The van der Waals surface area contributed by atoms with Gasteiger partial charge in [-0.2, -0.15) is 17.8 Å². The Hall–Kier alpha value is -0.950. The van der Waals surface area contributed by atoms with Crippen LogP contribution in [0.1, 0.15) is 11.3 Å². The van der Waals surface area contributed by atoms with Crippen LogP contribution in [0.4, 0.5) is 3.89 Å². The normalized spacial score (nSPS) is 12.4. The van der Waals surface area contributed by atoms with E-state index in [2.05, 4.69) is 5.10 Å². The van der Waals surface area contributed by atoms with Crippen LogP contribution < -0.4 is 0 Å². The van der Waals surface area contributed by atoms with E-state index in [1.807, 2.05) is 0 Å². The molecule has 1 aromatic heterocycles. The van der Waals surface area contributed by atoms with Crippen molar-refractivity contribution < 1.29 is 12.3 Å². The number of aromatic nitrogens is 2. The number of aryl methyl sites for hydroxylation is 1. The van der Waals surface area contributed by atoms with Gasteiger partial charge in [-0.05, 0) is 6.92 Å². The van der Waals surface area contributed by atoms with E-state index >= 15 is 0 Å². The number of rotatable bonds is 3. The summed E-state index contributed by atoms with van der Waals surface area (Å²) in [7, 11) is -1.69. The fourth-order valence-electron chi connectivity index (χ4n) is 1.02. The third-order valence-corrected chi connectivity index (χ3v) is 2.98. The maximum absolute atomic E-state index is 12.5. The van der Waals surface area contributed by atoms with Crippen molar-refractivity contribution in [3.05, 3.63) is 17.5 Å². The molecule has 80 valence electrons. The van der Waals surface area contributed by atoms with Gasteiger partial charge in [-0.3, -0.25) is 4.68 Å². The molecule has 0 amide bonds. The number of hydrogen-bond acceptors (Lipinski definition) is 3. The second kappa shape index (κ2) is 3.66. The highest BCUT2D eigenvalue weighted by atomic mass is 32.3. The zero-order valence-electron chi connectivity index (χ0n) is 8.23. The SMILES string of the molecule is Cc1c(CN(C)S(=O)(=O)F)cnn1C. The summed E-state index contributed by atoms with van der Waals surface area (Å²) in [6, 6.07) is 0. The lowest BCUT2D eigenvalue weighted by Crippen LogP contribution is -2.22. The van der Waals surface area contributed by atoms with Crippen LogP contribution in [0.2, 0.25) is 0 Å². The summed E-state index contributed by atoms with van der Waals surface area (Å²) in [5.74, 6) is 0. The molecule has 7 heteroatoms. The first-order chi connectivity index (χ1) is 6.32. The first kappa shape index (κ1) is 11.1. The zero-order valence-corrected chi connectivity index (χ0v) is 9.05. The quantitative estimate of drug-likeness (QED) is 0.693. The minimum absolute atomic E-state index is 0.00148. The third-order valence-electron chi connectivity index (χ3n) is 2.10. The van der Waals surface area contributed by atoms with Crippen LogP contribution in [-0.2, 0) is 24.0 Å². The van der Waals surface area contributed by atoms with Crippen LogP contribution in [-0.4, -0.2) is 29.6 Å². The van der Waals surface area contributed by atoms with Crippen molar-refractivity contribution in [3.63, 3.8) is 0 Å². The molecule has 0 unspecified atom stereocenters. The van der Waals surface area contributed by atoms with Crippen molar-refractivity contribution in [3.8, 4) is 0 Å². The van der Waals surface area contributed by atoms with Gasteiger partial charge in [0.15, 0.2) is 0 Å². The van der Waals surface area contributed by atoms with Crippen LogP contribution in [0.25, 0.3) is 0 Å². The molecule has 1 aromatic rings. The summed E-state index contributed by atoms with van der Waals surface area (Å²) in [6.07, 6.45) is 1.52. The van der Waals surface area contributed by atoms with Crippen LogP contribution in [0.3, 0.4) is 0 Å². The van der Waals surface area contributed by atoms with Crippen molar-refractivity contribution in [2.24, 2.45) is 7.05 Å². The van der Waals surface area contributed by atoms with E-state index in [0.717, 1.165) is 5.69 Å². The van der Waals surface area contributed by atoms with Crippen LogP contribution in [0, 0.1) is 6.92 Å². The molecule has 0 aromatic carbocycles. The predicted octanol–water partition coefficient (Wildman–Crippen LogP) is 0.375. The van der Waals surface area contributed by atoms with Gasteiger partial charge in [0.1, 0.15) is 0 Å². The monoisotopic (exact) mass is 221 g/mol. The first-order valence-electron chi connectivity index (χ1n) is 3.95. The minimum atomic E-state index is -4.61. The Morgan fingerprint density at radius 1 is 1.64 bits per heavy atom. The first-order valence-corrected chi connectivity index (χ1v) is 5.30. The van der Waals surface area contributed by atoms with Gasteiger partial charge in [-0.1, -0.05) is 3.89 Å². The molecule has 5 nitrogen and oxygen atoms in total. The van der Waals surface area contributed by atoms with Crippen molar-refractivity contribution >= 4 is 10.4 Å². The highest BCUT2D eigenvalue weighted by molar-refractivity contribution is 7.83. The molecule has 0 saturated heterocycles. The van der Waals surface area contributed by atoms with E-state index in [4.69, 9.17) is 0 Å². The Morgan fingerprint density at radius 3 is 2.57 bits per heavy atom. The molecule has 1 heterocycles. The van der Waals surface area contributed by atoms with Crippen molar-refractivity contribution in [2.45, 2.75) is 13.5 Å². The van der Waals surface area contributed by atoms with Crippen LogP contribution >= 0.6 is 0 Å². The molecule has 0 aliphatic rings. The second-order valence-corrected chi connectivity index (χ2v) is 4.52. The highest BCUT2D eigenvalue weighted by Gasteiger charge is 2.17. The van der Waals surface area contributed by atoms with Gasteiger partial charge in [-0.15, -0.1) is 0 Å². The summed E-state index contributed by atoms with van der Waals surface area (Å²) in [5.41, 5.74) is 1.51. The Kier molecular flexibility index (Phi) is 2.91. The molecule has 0 radical (unpaired) electrons. The number of nitrogens with zero attached hydrogens (tertiary/aromatic N) is 3. The zero-order chi connectivity index (χ0) is 10.9. The number of halogens is 1. The smallest absolute Gasteiger partial charge is 0.273 e. The van der Waals surface area contributed by atoms with Gasteiger partial charge in [0.05, 0.1) is 6.20 Å². The second-order valence-electron chi connectivity index (χ2n) is 3.08. The molecule has 0 N–H and O–H groups in total. The van der Waals surface area contributed by atoms with E-state index in [9.17, 15) is 12.3 Å². The van der Waals surface area contributed by atoms with E-state index < -0.39 is 10.4 Å². The van der Waals surface area contributed by atoms with Crippen molar-refractivity contribution in [2.75, 3.05) is 7.05 Å². The molecule has 0 saturated carbocycles. The molecule has 0 aliphatic heterocycles. The summed E-state index contributed by atoms with van der Waals surface area (Å²) in [4.78, 5) is 0. The molecule has 1 rings (SSSR count). The maximum atomic E-state index is 12.5. The third kappa shape index (κ3) is 2.30.